The molecule has 6 heteroatoms. The van der Waals surface area contributed by atoms with Gasteiger partial charge in [0, 0.05) is 44.9 Å². The van der Waals surface area contributed by atoms with Crippen LogP contribution in [0, 0.1) is 0 Å². The summed E-state index contributed by atoms with van der Waals surface area (Å²) in [4.78, 5) is 11.2. The molecule has 0 radical (unpaired) electrons. The molecule has 0 bridgehead atoms. The minimum atomic E-state index is 0. The van der Waals surface area contributed by atoms with E-state index in [1.54, 1.807) is 11.3 Å². The van der Waals surface area contributed by atoms with Crippen LogP contribution in [0.5, 0.6) is 0 Å². The van der Waals surface area contributed by atoms with Crippen LogP contribution in [-0.4, -0.2) is 43.0 Å². The van der Waals surface area contributed by atoms with E-state index in [0.29, 0.717) is 5.92 Å². The maximum atomic E-state index is 4.65. The molecule has 0 fully saturated rings. The molecule has 0 spiro atoms. The highest BCUT2D eigenvalue weighted by Crippen LogP contribution is 2.19. The Morgan fingerprint density at radius 1 is 1.48 bits per heavy atom. The van der Waals surface area contributed by atoms with Gasteiger partial charge in [-0.2, -0.15) is 0 Å². The van der Waals surface area contributed by atoms with Crippen LogP contribution in [0.1, 0.15) is 50.2 Å². The Balaban J connectivity index is 0.00000400. The summed E-state index contributed by atoms with van der Waals surface area (Å²) in [7, 11) is 3.93. The molecule has 1 N–H and O–H groups in total. The lowest BCUT2D eigenvalue weighted by atomic mass is 10.2. The second kappa shape index (κ2) is 11.2. The summed E-state index contributed by atoms with van der Waals surface area (Å²) in [6.45, 7) is 8.50. The molecule has 0 amide bonds. The number of unbranched alkanes of at least 4 members (excludes halogenated alkanes) is 1. The quantitative estimate of drug-likeness (QED) is 0.412. The van der Waals surface area contributed by atoms with Crippen molar-refractivity contribution in [3.05, 3.63) is 16.1 Å². The molecule has 0 unspecified atom stereocenters. The lowest BCUT2D eigenvalue weighted by Gasteiger charge is -2.21. The third-order valence-corrected chi connectivity index (χ3v) is 4.34. The predicted octanol–water partition coefficient (Wildman–Crippen LogP) is 3.73. The number of aromatic nitrogens is 1. The van der Waals surface area contributed by atoms with E-state index in [1.165, 1.54) is 23.5 Å². The number of guanidine groups is 1. The van der Waals surface area contributed by atoms with E-state index in [0.717, 1.165) is 25.5 Å². The molecular weight excluding hydrogens is 395 g/mol. The van der Waals surface area contributed by atoms with Crippen molar-refractivity contribution in [1.29, 1.82) is 0 Å². The summed E-state index contributed by atoms with van der Waals surface area (Å²) in [6.07, 6.45) is 3.35. The normalized spacial score (nSPS) is 11.4. The highest BCUT2D eigenvalue weighted by Gasteiger charge is 2.07. The zero-order chi connectivity index (χ0) is 15.0. The van der Waals surface area contributed by atoms with Crippen molar-refractivity contribution in [1.82, 2.24) is 15.2 Å². The van der Waals surface area contributed by atoms with Gasteiger partial charge >= 0.3 is 0 Å². The maximum absolute atomic E-state index is 4.65. The number of hydrogen-bond donors (Lipinski definition) is 1. The molecule has 0 aliphatic rings. The average molecular weight is 424 g/mol. The molecule has 0 aliphatic carbocycles. The Bertz CT molecular complexity index is 418. The fraction of sp³-hybridized carbons (Fsp3) is 0.733. The van der Waals surface area contributed by atoms with Crippen molar-refractivity contribution in [2.24, 2.45) is 4.99 Å². The van der Waals surface area contributed by atoms with Crippen molar-refractivity contribution < 1.29 is 0 Å². The summed E-state index contributed by atoms with van der Waals surface area (Å²) in [5.74, 6) is 1.49. The largest absolute Gasteiger partial charge is 0.356 e. The van der Waals surface area contributed by atoms with E-state index in [2.05, 4.69) is 53.4 Å². The van der Waals surface area contributed by atoms with Crippen LogP contribution in [0.15, 0.2) is 10.4 Å². The van der Waals surface area contributed by atoms with Gasteiger partial charge in [-0.3, -0.25) is 4.99 Å². The van der Waals surface area contributed by atoms with E-state index in [4.69, 9.17) is 0 Å². The van der Waals surface area contributed by atoms with Gasteiger partial charge in [-0.15, -0.1) is 35.3 Å². The zero-order valence-corrected chi connectivity index (χ0v) is 17.0. The third kappa shape index (κ3) is 7.44. The van der Waals surface area contributed by atoms with E-state index < -0.39 is 0 Å². The Morgan fingerprint density at radius 2 is 2.19 bits per heavy atom. The van der Waals surface area contributed by atoms with Gasteiger partial charge in [0.1, 0.15) is 0 Å². The molecular formula is C15H29IN4S. The number of nitrogens with one attached hydrogen (secondary N) is 1. The molecule has 0 aromatic carbocycles. The molecule has 1 heterocycles. The molecule has 0 atom stereocenters. The van der Waals surface area contributed by atoms with E-state index in [1.807, 2.05) is 7.05 Å². The zero-order valence-electron chi connectivity index (χ0n) is 13.8. The fourth-order valence-corrected chi connectivity index (χ4v) is 2.76. The molecule has 0 aliphatic heterocycles. The molecule has 0 saturated heterocycles. The summed E-state index contributed by atoms with van der Waals surface area (Å²) in [5, 5.41) is 6.80. The predicted molar refractivity (Wildman–Crippen MR) is 104 cm³/mol. The fourth-order valence-electron chi connectivity index (χ4n) is 1.89. The number of hydrogen-bond acceptors (Lipinski definition) is 3. The third-order valence-electron chi connectivity index (χ3n) is 3.15. The van der Waals surface area contributed by atoms with Crippen LogP contribution in [0.4, 0.5) is 0 Å². The summed E-state index contributed by atoms with van der Waals surface area (Å²) >= 11 is 1.76. The number of rotatable bonds is 7. The molecule has 1 rings (SSSR count). The Labute approximate surface area is 150 Å². The Hall–Kier alpha value is -0.370. The second-order valence-corrected chi connectivity index (χ2v) is 6.22. The highest BCUT2D eigenvalue weighted by molar-refractivity contribution is 14.0. The first kappa shape index (κ1) is 20.6. The summed E-state index contributed by atoms with van der Waals surface area (Å²) in [6, 6.07) is 0. The Morgan fingerprint density at radius 3 is 2.71 bits per heavy atom. The van der Waals surface area contributed by atoms with Gasteiger partial charge in [0.2, 0.25) is 0 Å². The van der Waals surface area contributed by atoms with Gasteiger partial charge in [-0.25, -0.2) is 4.98 Å². The number of aliphatic imine (C=N–C) groups is 1. The van der Waals surface area contributed by atoms with Gasteiger partial charge < -0.3 is 10.2 Å². The SMILES string of the molecule is CCCCN(C)C(=NC)NCCc1csc(C(C)C)n1.I. The molecule has 122 valence electrons. The minimum Gasteiger partial charge on any atom is -0.356 e. The first-order chi connectivity index (χ1) is 9.58. The minimum absolute atomic E-state index is 0. The molecule has 1 aromatic heterocycles. The molecule has 4 nitrogen and oxygen atoms in total. The van der Waals surface area contributed by atoms with Gasteiger partial charge in [0.25, 0.3) is 0 Å². The topological polar surface area (TPSA) is 40.5 Å². The van der Waals surface area contributed by atoms with Gasteiger partial charge in [0.05, 0.1) is 10.7 Å². The van der Waals surface area contributed by atoms with E-state index >= 15 is 0 Å². The van der Waals surface area contributed by atoms with Crippen molar-refractivity contribution in [3.8, 4) is 0 Å². The van der Waals surface area contributed by atoms with Crippen molar-refractivity contribution >= 4 is 41.3 Å². The van der Waals surface area contributed by atoms with Crippen LogP contribution < -0.4 is 5.32 Å². The first-order valence-electron chi connectivity index (χ1n) is 7.44. The van der Waals surface area contributed by atoms with Crippen LogP contribution in [0.25, 0.3) is 0 Å². The monoisotopic (exact) mass is 424 g/mol. The van der Waals surface area contributed by atoms with Crippen molar-refractivity contribution in [2.75, 3.05) is 27.2 Å². The van der Waals surface area contributed by atoms with Crippen molar-refractivity contribution in [2.45, 2.75) is 46.0 Å². The second-order valence-electron chi connectivity index (χ2n) is 5.33. The van der Waals surface area contributed by atoms with Crippen LogP contribution in [0.3, 0.4) is 0 Å². The lowest BCUT2D eigenvalue weighted by molar-refractivity contribution is 0.465. The van der Waals surface area contributed by atoms with E-state index in [-0.39, 0.29) is 24.0 Å². The van der Waals surface area contributed by atoms with Crippen LogP contribution in [0.2, 0.25) is 0 Å². The number of thiazole rings is 1. The molecule has 1 aromatic rings. The smallest absolute Gasteiger partial charge is 0.193 e. The standard InChI is InChI=1S/C15H28N4S.HI/c1-6-7-10-19(5)15(16-4)17-9-8-13-11-20-14(18-13)12(2)3;/h11-12H,6-10H2,1-5H3,(H,16,17);1H. The maximum Gasteiger partial charge on any atom is 0.193 e. The summed E-state index contributed by atoms with van der Waals surface area (Å²) < 4.78 is 0. The molecule has 21 heavy (non-hydrogen) atoms. The van der Waals surface area contributed by atoms with Gasteiger partial charge in [-0.05, 0) is 6.42 Å². The number of nitrogens with zero attached hydrogens (tertiary/aromatic N) is 3. The first-order valence-corrected chi connectivity index (χ1v) is 8.32. The Kier molecular flexibility index (Phi) is 11.0. The lowest BCUT2D eigenvalue weighted by Crippen LogP contribution is -2.40. The van der Waals surface area contributed by atoms with Gasteiger partial charge in [-0.1, -0.05) is 27.2 Å². The van der Waals surface area contributed by atoms with Crippen LogP contribution in [-0.2, 0) is 6.42 Å². The highest BCUT2D eigenvalue weighted by atomic mass is 127. The summed E-state index contributed by atoms with van der Waals surface area (Å²) in [5.41, 5.74) is 1.18. The van der Waals surface area contributed by atoms with E-state index in [9.17, 15) is 0 Å². The number of halogens is 1. The van der Waals surface area contributed by atoms with Gasteiger partial charge in [0.15, 0.2) is 5.96 Å². The van der Waals surface area contributed by atoms with Crippen molar-refractivity contribution in [3.63, 3.8) is 0 Å². The molecule has 0 saturated carbocycles. The average Bonchev–Trinajstić information content (AvgIpc) is 2.90. The van der Waals surface area contributed by atoms with Crippen LogP contribution >= 0.6 is 35.3 Å².